The zero-order valence-electron chi connectivity index (χ0n) is 19.0. The lowest BCUT2D eigenvalue weighted by Crippen LogP contribution is -2.36. The molecule has 11 nitrogen and oxygen atoms in total. The zero-order chi connectivity index (χ0) is 26.9. The summed E-state index contributed by atoms with van der Waals surface area (Å²) in [6.07, 6.45) is 0.0953. The smallest absolute Gasteiger partial charge is 0.333 e. The molecular formula is C22H23Cl2N5O6S2. The Bertz CT molecular complexity index is 1410. The third-order valence-electron chi connectivity index (χ3n) is 6.01. The van der Waals surface area contributed by atoms with Gasteiger partial charge in [-0.15, -0.1) is 11.3 Å². The van der Waals surface area contributed by atoms with Crippen molar-refractivity contribution in [1.29, 1.82) is 0 Å². The summed E-state index contributed by atoms with van der Waals surface area (Å²) < 4.78 is 27.1. The number of aliphatic hydroxyl groups excluding tert-OH is 2. The van der Waals surface area contributed by atoms with E-state index in [0.717, 1.165) is 16.9 Å². The minimum Gasteiger partial charge on any atom is -0.390 e. The van der Waals surface area contributed by atoms with Crippen molar-refractivity contribution in [2.45, 2.75) is 30.7 Å². The van der Waals surface area contributed by atoms with Gasteiger partial charge in [-0.25, -0.2) is 15.1 Å². The largest absolute Gasteiger partial charge is 0.390 e. The molecule has 7 N–H and O–H groups in total. The van der Waals surface area contributed by atoms with E-state index in [-0.39, 0.29) is 17.8 Å². The van der Waals surface area contributed by atoms with E-state index in [4.69, 9.17) is 34.1 Å². The molecule has 0 aliphatic heterocycles. The number of benzene rings is 1. The molecular weight excluding hydrogens is 565 g/mol. The topological polar surface area (TPSA) is 191 Å². The monoisotopic (exact) mass is 587 g/mol. The molecule has 1 aliphatic rings. The Balaban J connectivity index is 1.54. The lowest BCUT2D eigenvalue weighted by molar-refractivity contribution is 0.00778. The second-order valence-electron chi connectivity index (χ2n) is 8.49. The number of carbonyl (C=O) groups excluding carboxylic acids is 1. The Morgan fingerprint density at radius 2 is 2.03 bits per heavy atom. The number of hydrogen-bond acceptors (Lipinski definition) is 11. The predicted octanol–water partition coefficient (Wildman–Crippen LogP) is 1.87. The molecule has 1 saturated carbocycles. The van der Waals surface area contributed by atoms with Gasteiger partial charge in [0.1, 0.15) is 18.2 Å². The highest BCUT2D eigenvalue weighted by Crippen LogP contribution is 2.36. The molecule has 0 spiro atoms. The number of halogens is 2. The van der Waals surface area contributed by atoms with E-state index in [9.17, 15) is 23.4 Å². The Kier molecular flexibility index (Phi) is 8.48. The van der Waals surface area contributed by atoms with Crippen LogP contribution in [0.4, 0.5) is 5.82 Å². The van der Waals surface area contributed by atoms with Gasteiger partial charge in [0.05, 0.1) is 39.6 Å². The molecule has 1 fully saturated rings. The van der Waals surface area contributed by atoms with Crippen LogP contribution >= 0.6 is 34.5 Å². The quantitative estimate of drug-likeness (QED) is 0.231. The average Bonchev–Trinajstić information content (AvgIpc) is 3.36. The van der Waals surface area contributed by atoms with Crippen molar-refractivity contribution >= 4 is 56.4 Å². The molecule has 2 heterocycles. The molecule has 37 heavy (non-hydrogen) atoms. The first-order valence-electron chi connectivity index (χ1n) is 10.9. The number of aromatic nitrogens is 2. The van der Waals surface area contributed by atoms with E-state index in [0.29, 0.717) is 19.8 Å². The molecule has 1 unspecified atom stereocenters. The van der Waals surface area contributed by atoms with Gasteiger partial charge in [-0.2, -0.15) is 8.42 Å². The van der Waals surface area contributed by atoms with Gasteiger partial charge in [-0.05, 0) is 30.2 Å². The summed E-state index contributed by atoms with van der Waals surface area (Å²) in [6.45, 7) is -0.409. The van der Waals surface area contributed by atoms with Crippen molar-refractivity contribution in [3.05, 3.63) is 73.8 Å². The molecule has 1 aromatic carbocycles. The van der Waals surface area contributed by atoms with Crippen molar-refractivity contribution in [2.24, 2.45) is 16.8 Å². The van der Waals surface area contributed by atoms with Crippen LogP contribution in [-0.4, -0.2) is 59.2 Å². The van der Waals surface area contributed by atoms with Gasteiger partial charge in [0, 0.05) is 22.7 Å². The van der Waals surface area contributed by atoms with Gasteiger partial charge < -0.3 is 21.3 Å². The second-order valence-corrected chi connectivity index (χ2v) is 11.8. The van der Waals surface area contributed by atoms with E-state index < -0.39 is 52.9 Å². The van der Waals surface area contributed by atoms with E-state index in [1.54, 1.807) is 24.3 Å². The lowest BCUT2D eigenvalue weighted by atomic mass is 10.0. The number of aliphatic hydroxyl groups is 2. The van der Waals surface area contributed by atoms with E-state index in [2.05, 4.69) is 19.5 Å². The standard InChI is InChI=1S/C22H23Cl2N5O6S2/c23-12-3-1-2-10(4-12)17(25)13-6-16(36-21(13)24)19(31)14-7-27-9-28-22(14)29-15-5-11(18(30)20(15)32)8-35-37(26,33)34/h1-4,6-7,9,11,15,17-18,20,30,32H,5,8,25H2,(H2,26,33,34)(H,27,28,29)/t11-,15-,17?,18-,20+/m1/s1. The second kappa shape index (κ2) is 11.3. The average molecular weight is 588 g/mol. The summed E-state index contributed by atoms with van der Waals surface area (Å²) in [6, 6.07) is 7.25. The van der Waals surface area contributed by atoms with Crippen LogP contribution in [0.3, 0.4) is 0 Å². The molecule has 0 amide bonds. The van der Waals surface area contributed by atoms with Crippen LogP contribution < -0.4 is 16.2 Å². The van der Waals surface area contributed by atoms with Gasteiger partial charge in [0.25, 0.3) is 0 Å². The Labute approximate surface area is 226 Å². The fraction of sp³-hybridized carbons (Fsp3) is 0.318. The van der Waals surface area contributed by atoms with Crippen LogP contribution in [0.5, 0.6) is 0 Å². The number of rotatable bonds is 9. The van der Waals surface area contributed by atoms with Crippen molar-refractivity contribution in [2.75, 3.05) is 11.9 Å². The van der Waals surface area contributed by atoms with Gasteiger partial charge in [-0.1, -0.05) is 35.3 Å². The van der Waals surface area contributed by atoms with Crippen molar-refractivity contribution < 1.29 is 27.6 Å². The van der Waals surface area contributed by atoms with Crippen molar-refractivity contribution in [3.63, 3.8) is 0 Å². The highest BCUT2D eigenvalue weighted by molar-refractivity contribution is 7.84. The third-order valence-corrected chi connectivity index (χ3v) is 8.09. The first-order valence-corrected chi connectivity index (χ1v) is 13.9. The summed E-state index contributed by atoms with van der Waals surface area (Å²) in [5, 5.41) is 29.1. The summed E-state index contributed by atoms with van der Waals surface area (Å²) in [7, 11) is -4.21. The summed E-state index contributed by atoms with van der Waals surface area (Å²) in [5.74, 6) is -1.03. The summed E-state index contributed by atoms with van der Waals surface area (Å²) >= 11 is 13.6. The van der Waals surface area contributed by atoms with Gasteiger partial charge >= 0.3 is 10.3 Å². The van der Waals surface area contributed by atoms with E-state index >= 15 is 0 Å². The molecule has 1 aliphatic carbocycles. The Hall–Kier alpha value is -2.20. The van der Waals surface area contributed by atoms with Crippen LogP contribution in [0, 0.1) is 5.92 Å². The fourth-order valence-electron chi connectivity index (χ4n) is 4.12. The maximum Gasteiger partial charge on any atom is 0.333 e. The summed E-state index contributed by atoms with van der Waals surface area (Å²) in [5.41, 5.74) is 7.76. The van der Waals surface area contributed by atoms with Crippen LogP contribution in [-0.2, 0) is 14.5 Å². The number of nitrogens with two attached hydrogens (primary N) is 2. The SMILES string of the molecule is NC(c1cccc(Cl)c1)c1cc(C(=O)c2cncnc2N[C@@H]2C[C@H](COS(N)(=O)=O)[C@@H](O)[C@H]2O)sc1Cl. The molecule has 3 aromatic rings. The lowest BCUT2D eigenvalue weighted by Gasteiger charge is -2.19. The van der Waals surface area contributed by atoms with E-state index in [1.165, 1.54) is 12.5 Å². The number of thiophene rings is 1. The number of carbonyl (C=O) groups is 1. The normalized spacial score (nSPS) is 22.6. The molecule has 2 aromatic heterocycles. The van der Waals surface area contributed by atoms with Crippen LogP contribution in [0.1, 0.15) is 38.8 Å². The van der Waals surface area contributed by atoms with Crippen molar-refractivity contribution in [3.8, 4) is 0 Å². The predicted molar refractivity (Wildman–Crippen MR) is 139 cm³/mol. The number of nitrogens with zero attached hydrogens (tertiary/aromatic N) is 2. The number of ketones is 1. The minimum absolute atomic E-state index is 0.106. The number of anilines is 1. The molecule has 0 radical (unpaired) electrons. The molecule has 5 atom stereocenters. The minimum atomic E-state index is -4.21. The van der Waals surface area contributed by atoms with Crippen LogP contribution in [0.2, 0.25) is 9.36 Å². The fourth-order valence-corrected chi connectivity index (χ4v) is 5.99. The van der Waals surface area contributed by atoms with Crippen molar-refractivity contribution in [1.82, 2.24) is 9.97 Å². The first-order chi connectivity index (χ1) is 17.4. The van der Waals surface area contributed by atoms with Crippen LogP contribution in [0.15, 0.2) is 42.9 Å². The number of nitrogens with one attached hydrogen (secondary N) is 1. The van der Waals surface area contributed by atoms with E-state index in [1.807, 2.05) is 6.07 Å². The molecule has 0 bridgehead atoms. The third kappa shape index (κ3) is 6.45. The Morgan fingerprint density at radius 1 is 1.27 bits per heavy atom. The molecule has 0 saturated heterocycles. The summed E-state index contributed by atoms with van der Waals surface area (Å²) in [4.78, 5) is 21.8. The zero-order valence-corrected chi connectivity index (χ0v) is 22.1. The maximum atomic E-state index is 13.4. The highest BCUT2D eigenvalue weighted by Gasteiger charge is 2.42. The Morgan fingerprint density at radius 3 is 2.73 bits per heavy atom. The first kappa shape index (κ1) is 27.8. The highest BCUT2D eigenvalue weighted by atomic mass is 35.5. The molecule has 4 rings (SSSR count). The number of hydrogen-bond donors (Lipinski definition) is 5. The van der Waals surface area contributed by atoms with Crippen LogP contribution in [0.25, 0.3) is 0 Å². The van der Waals surface area contributed by atoms with Gasteiger partial charge in [-0.3, -0.25) is 8.98 Å². The van der Waals surface area contributed by atoms with Gasteiger partial charge in [0.2, 0.25) is 5.78 Å². The molecule has 15 heteroatoms. The molecule has 198 valence electrons. The maximum absolute atomic E-state index is 13.4. The van der Waals surface area contributed by atoms with Gasteiger partial charge in [0.15, 0.2) is 0 Å².